The van der Waals surface area contributed by atoms with Gasteiger partial charge >= 0.3 is 0 Å². The predicted octanol–water partition coefficient (Wildman–Crippen LogP) is 3.85. The SMILES string of the molecule is Cc1cc2scc(O)c2cc1C(F)F. The summed E-state index contributed by atoms with van der Waals surface area (Å²) in [7, 11) is 0. The third-order valence-corrected chi connectivity index (χ3v) is 3.11. The molecule has 2 aromatic rings. The van der Waals surface area contributed by atoms with Crippen LogP contribution in [0.2, 0.25) is 0 Å². The lowest BCUT2D eigenvalue weighted by Crippen LogP contribution is -1.88. The fourth-order valence-electron chi connectivity index (χ4n) is 1.41. The molecule has 4 heteroatoms. The topological polar surface area (TPSA) is 20.2 Å². The van der Waals surface area contributed by atoms with Crippen molar-refractivity contribution < 1.29 is 13.9 Å². The molecule has 0 unspecified atom stereocenters. The maximum absolute atomic E-state index is 12.5. The molecule has 0 aliphatic carbocycles. The predicted molar refractivity (Wildman–Crippen MR) is 53.2 cm³/mol. The van der Waals surface area contributed by atoms with Crippen LogP contribution >= 0.6 is 11.3 Å². The molecular formula is C10H8F2OS. The van der Waals surface area contributed by atoms with E-state index in [4.69, 9.17) is 0 Å². The quantitative estimate of drug-likeness (QED) is 0.764. The summed E-state index contributed by atoms with van der Waals surface area (Å²) in [6.07, 6.45) is -2.49. The zero-order valence-corrected chi connectivity index (χ0v) is 8.24. The molecule has 0 radical (unpaired) electrons. The normalized spacial score (nSPS) is 11.4. The van der Waals surface area contributed by atoms with E-state index in [9.17, 15) is 13.9 Å². The van der Waals surface area contributed by atoms with Gasteiger partial charge in [-0.05, 0) is 24.6 Å². The highest BCUT2D eigenvalue weighted by molar-refractivity contribution is 7.17. The minimum Gasteiger partial charge on any atom is -0.506 e. The van der Waals surface area contributed by atoms with Gasteiger partial charge in [0.2, 0.25) is 0 Å². The minimum absolute atomic E-state index is 0.00815. The van der Waals surface area contributed by atoms with E-state index in [2.05, 4.69) is 0 Å². The highest BCUT2D eigenvalue weighted by atomic mass is 32.1. The fraction of sp³-hybridized carbons (Fsp3) is 0.200. The number of aryl methyl sites for hydroxylation is 1. The molecule has 74 valence electrons. The van der Waals surface area contributed by atoms with Crippen molar-refractivity contribution in [3.63, 3.8) is 0 Å². The molecule has 0 aliphatic rings. The Labute approximate surface area is 83.6 Å². The molecule has 1 aromatic heterocycles. The Morgan fingerprint density at radius 3 is 2.71 bits per heavy atom. The van der Waals surface area contributed by atoms with E-state index >= 15 is 0 Å². The monoisotopic (exact) mass is 214 g/mol. The number of alkyl halides is 2. The molecule has 0 saturated carbocycles. The maximum Gasteiger partial charge on any atom is 0.264 e. The smallest absolute Gasteiger partial charge is 0.264 e. The number of benzene rings is 1. The van der Waals surface area contributed by atoms with Gasteiger partial charge < -0.3 is 5.11 Å². The number of thiophene rings is 1. The number of halogens is 2. The summed E-state index contributed by atoms with van der Waals surface area (Å²) >= 11 is 1.35. The van der Waals surface area contributed by atoms with Crippen LogP contribution in [0.25, 0.3) is 10.1 Å². The molecule has 1 heterocycles. The van der Waals surface area contributed by atoms with Crippen LogP contribution in [0.4, 0.5) is 8.78 Å². The van der Waals surface area contributed by atoms with E-state index in [1.54, 1.807) is 18.4 Å². The largest absolute Gasteiger partial charge is 0.506 e. The van der Waals surface area contributed by atoms with Gasteiger partial charge in [0.05, 0.1) is 0 Å². The van der Waals surface area contributed by atoms with Gasteiger partial charge in [0.25, 0.3) is 6.43 Å². The average molecular weight is 214 g/mol. The molecule has 1 nitrogen and oxygen atoms in total. The number of aromatic hydroxyl groups is 1. The van der Waals surface area contributed by atoms with Gasteiger partial charge in [0.1, 0.15) is 5.75 Å². The Bertz CT molecular complexity index is 476. The molecule has 2 rings (SSSR count). The second-order valence-electron chi connectivity index (χ2n) is 3.13. The standard InChI is InChI=1S/C10H8F2OS/c1-5-2-9-7(8(13)4-14-9)3-6(5)10(11)12/h2-4,10,13H,1H3. The zero-order valence-electron chi connectivity index (χ0n) is 7.42. The van der Waals surface area contributed by atoms with Crippen molar-refractivity contribution in [2.45, 2.75) is 13.3 Å². The van der Waals surface area contributed by atoms with Crippen LogP contribution in [-0.4, -0.2) is 5.11 Å². The van der Waals surface area contributed by atoms with Gasteiger partial charge in [0, 0.05) is 21.0 Å². The first-order valence-electron chi connectivity index (χ1n) is 4.08. The number of rotatable bonds is 1. The van der Waals surface area contributed by atoms with Crippen molar-refractivity contribution in [1.82, 2.24) is 0 Å². The Balaban J connectivity index is 2.74. The number of hydrogen-bond donors (Lipinski definition) is 1. The maximum atomic E-state index is 12.5. The van der Waals surface area contributed by atoms with E-state index in [0.717, 1.165) is 4.70 Å². The Hall–Kier alpha value is -1.16. The van der Waals surface area contributed by atoms with E-state index < -0.39 is 6.43 Å². The average Bonchev–Trinajstić information content (AvgIpc) is 2.46. The van der Waals surface area contributed by atoms with Gasteiger partial charge in [-0.2, -0.15) is 0 Å². The summed E-state index contributed by atoms with van der Waals surface area (Å²) in [5.74, 6) is 0.0758. The molecular weight excluding hydrogens is 206 g/mol. The van der Waals surface area contributed by atoms with Crippen LogP contribution in [0.5, 0.6) is 5.75 Å². The van der Waals surface area contributed by atoms with E-state index in [-0.39, 0.29) is 11.3 Å². The van der Waals surface area contributed by atoms with Crippen LogP contribution in [0.3, 0.4) is 0 Å². The zero-order chi connectivity index (χ0) is 10.3. The lowest BCUT2D eigenvalue weighted by Gasteiger charge is -2.04. The van der Waals surface area contributed by atoms with Crippen LogP contribution < -0.4 is 0 Å². The van der Waals surface area contributed by atoms with E-state index in [1.807, 2.05) is 0 Å². The molecule has 0 saturated heterocycles. The molecule has 1 aromatic carbocycles. The second kappa shape index (κ2) is 3.20. The lowest BCUT2D eigenvalue weighted by molar-refractivity contribution is 0.151. The summed E-state index contributed by atoms with van der Waals surface area (Å²) in [6, 6.07) is 3.04. The summed E-state index contributed by atoms with van der Waals surface area (Å²) in [4.78, 5) is 0. The highest BCUT2D eigenvalue weighted by Crippen LogP contribution is 2.35. The number of hydrogen-bond acceptors (Lipinski definition) is 2. The van der Waals surface area contributed by atoms with Gasteiger partial charge in [-0.25, -0.2) is 8.78 Å². The first kappa shape index (κ1) is 9.40. The fourth-order valence-corrected chi connectivity index (χ4v) is 2.31. The Morgan fingerprint density at radius 2 is 2.07 bits per heavy atom. The molecule has 0 fully saturated rings. The van der Waals surface area contributed by atoms with Crippen molar-refractivity contribution in [3.8, 4) is 5.75 Å². The van der Waals surface area contributed by atoms with E-state index in [0.29, 0.717) is 10.9 Å². The van der Waals surface area contributed by atoms with Crippen molar-refractivity contribution in [1.29, 1.82) is 0 Å². The van der Waals surface area contributed by atoms with E-state index in [1.165, 1.54) is 17.4 Å². The van der Waals surface area contributed by atoms with Gasteiger partial charge in [-0.1, -0.05) is 0 Å². The molecule has 14 heavy (non-hydrogen) atoms. The summed E-state index contributed by atoms with van der Waals surface area (Å²) < 4.78 is 25.9. The molecule has 0 aliphatic heterocycles. The van der Waals surface area contributed by atoms with Gasteiger partial charge in [-0.15, -0.1) is 11.3 Å². The first-order valence-corrected chi connectivity index (χ1v) is 4.96. The molecule has 0 atom stereocenters. The summed E-state index contributed by atoms with van der Waals surface area (Å²) in [5.41, 5.74) is 0.556. The van der Waals surface area contributed by atoms with Crippen LogP contribution in [0.1, 0.15) is 17.6 Å². The summed E-state index contributed by atoms with van der Waals surface area (Å²) in [6.45, 7) is 1.65. The second-order valence-corrected chi connectivity index (χ2v) is 4.04. The highest BCUT2D eigenvalue weighted by Gasteiger charge is 2.13. The Morgan fingerprint density at radius 1 is 1.36 bits per heavy atom. The molecule has 0 spiro atoms. The van der Waals surface area contributed by atoms with Crippen molar-refractivity contribution >= 4 is 21.4 Å². The van der Waals surface area contributed by atoms with Crippen molar-refractivity contribution in [3.05, 3.63) is 28.6 Å². The number of fused-ring (bicyclic) bond motifs is 1. The summed E-state index contributed by atoms with van der Waals surface area (Å²) in [5, 5.41) is 11.4. The molecule has 0 bridgehead atoms. The van der Waals surface area contributed by atoms with Crippen LogP contribution in [0.15, 0.2) is 17.5 Å². The third kappa shape index (κ3) is 1.35. The van der Waals surface area contributed by atoms with Gasteiger partial charge in [-0.3, -0.25) is 0 Å². The molecule has 1 N–H and O–H groups in total. The third-order valence-electron chi connectivity index (χ3n) is 2.18. The van der Waals surface area contributed by atoms with Crippen LogP contribution in [-0.2, 0) is 0 Å². The minimum atomic E-state index is -2.49. The Kier molecular flexibility index (Phi) is 2.15. The lowest BCUT2D eigenvalue weighted by atomic mass is 10.1. The molecule has 0 amide bonds. The van der Waals surface area contributed by atoms with Gasteiger partial charge in [0.15, 0.2) is 0 Å². The van der Waals surface area contributed by atoms with Crippen molar-refractivity contribution in [2.24, 2.45) is 0 Å². The first-order chi connectivity index (χ1) is 6.59. The van der Waals surface area contributed by atoms with Crippen molar-refractivity contribution in [2.75, 3.05) is 0 Å². The van der Waals surface area contributed by atoms with Crippen LogP contribution in [0, 0.1) is 6.92 Å².